The van der Waals surface area contributed by atoms with Crippen LogP contribution < -0.4 is 5.56 Å². The van der Waals surface area contributed by atoms with Gasteiger partial charge in [0.1, 0.15) is 5.82 Å². The maximum atomic E-state index is 11.9. The van der Waals surface area contributed by atoms with Crippen molar-refractivity contribution in [3.05, 3.63) is 74.3 Å². The van der Waals surface area contributed by atoms with Gasteiger partial charge in [-0.2, -0.15) is 0 Å². The Balaban J connectivity index is 1.75. The van der Waals surface area contributed by atoms with Gasteiger partial charge in [-0.3, -0.25) is 9.69 Å². The van der Waals surface area contributed by atoms with E-state index in [1.54, 1.807) is 17.4 Å². The first-order chi connectivity index (χ1) is 12.4. The summed E-state index contributed by atoms with van der Waals surface area (Å²) in [7, 11) is 2.14. The molecule has 0 saturated carbocycles. The Labute approximate surface area is 158 Å². The molecule has 0 aliphatic rings. The molecule has 0 bridgehead atoms. The maximum absolute atomic E-state index is 11.9. The van der Waals surface area contributed by atoms with E-state index in [0.29, 0.717) is 11.9 Å². The van der Waals surface area contributed by atoms with Crippen LogP contribution in [0.4, 0.5) is 0 Å². The first-order valence-electron chi connectivity index (χ1n) is 8.88. The number of nitrogens with one attached hydrogen (secondary N) is 1. The zero-order valence-corrected chi connectivity index (χ0v) is 16.5. The van der Waals surface area contributed by atoms with Crippen molar-refractivity contribution in [3.63, 3.8) is 0 Å². The highest BCUT2D eigenvalue weighted by molar-refractivity contribution is 7.10. The second kappa shape index (κ2) is 7.98. The minimum atomic E-state index is -0.104. The van der Waals surface area contributed by atoms with Crippen molar-refractivity contribution in [2.45, 2.75) is 39.3 Å². The summed E-state index contributed by atoms with van der Waals surface area (Å²) in [6.45, 7) is 7.18. The quantitative estimate of drug-likeness (QED) is 0.680. The summed E-state index contributed by atoms with van der Waals surface area (Å²) < 4.78 is 0. The molecule has 136 valence electrons. The number of benzene rings is 1. The van der Waals surface area contributed by atoms with Crippen molar-refractivity contribution < 1.29 is 0 Å². The van der Waals surface area contributed by atoms with Gasteiger partial charge in [0, 0.05) is 29.1 Å². The largest absolute Gasteiger partial charge is 0.307 e. The summed E-state index contributed by atoms with van der Waals surface area (Å²) in [4.78, 5) is 23.0. The molecule has 4 nitrogen and oxygen atoms in total. The predicted octanol–water partition coefficient (Wildman–Crippen LogP) is 4.81. The molecule has 3 rings (SSSR count). The molecule has 1 N–H and O–H groups in total. The average Bonchev–Trinajstić information content (AvgIpc) is 3.15. The Hall–Kier alpha value is -2.24. The standard InChI is InChI=1S/C21H25N3OS/c1-14(2)18-12-20(25)23-21(22-18)17-9-7-16(8-10-17)13-24(4)15(3)19-6-5-11-26-19/h5-12,14-15H,13H2,1-4H3,(H,22,23,25)/t15-/m0/s1. The van der Waals surface area contributed by atoms with Crippen molar-refractivity contribution in [1.82, 2.24) is 14.9 Å². The molecule has 1 atom stereocenters. The summed E-state index contributed by atoms with van der Waals surface area (Å²) in [6.07, 6.45) is 0. The van der Waals surface area contributed by atoms with Crippen LogP contribution in [0.25, 0.3) is 11.4 Å². The smallest absolute Gasteiger partial charge is 0.251 e. The molecule has 0 spiro atoms. The van der Waals surface area contributed by atoms with E-state index in [0.717, 1.165) is 17.8 Å². The van der Waals surface area contributed by atoms with E-state index >= 15 is 0 Å². The maximum Gasteiger partial charge on any atom is 0.251 e. The van der Waals surface area contributed by atoms with Gasteiger partial charge in [-0.15, -0.1) is 11.3 Å². The molecule has 0 saturated heterocycles. The Bertz CT molecular complexity index is 898. The van der Waals surface area contributed by atoms with Gasteiger partial charge in [0.2, 0.25) is 0 Å². The van der Waals surface area contributed by atoms with Gasteiger partial charge < -0.3 is 4.98 Å². The molecular formula is C21H25N3OS. The topological polar surface area (TPSA) is 49.0 Å². The SMILES string of the molecule is CC(C)c1cc(=O)[nH]c(-c2ccc(CN(C)[C@@H](C)c3cccs3)cc2)n1. The van der Waals surface area contributed by atoms with Gasteiger partial charge in [0.05, 0.1) is 5.69 Å². The molecule has 0 aliphatic heterocycles. The molecule has 26 heavy (non-hydrogen) atoms. The third kappa shape index (κ3) is 4.29. The lowest BCUT2D eigenvalue weighted by Gasteiger charge is -2.24. The third-order valence-corrected chi connectivity index (χ3v) is 5.67. The lowest BCUT2D eigenvalue weighted by atomic mass is 10.1. The van der Waals surface area contributed by atoms with Gasteiger partial charge >= 0.3 is 0 Å². The van der Waals surface area contributed by atoms with Crippen molar-refractivity contribution in [3.8, 4) is 11.4 Å². The van der Waals surface area contributed by atoms with Crippen LogP contribution in [0, 0.1) is 0 Å². The second-order valence-electron chi connectivity index (χ2n) is 6.98. The van der Waals surface area contributed by atoms with Crippen molar-refractivity contribution >= 4 is 11.3 Å². The van der Waals surface area contributed by atoms with Gasteiger partial charge in [0.25, 0.3) is 5.56 Å². The molecule has 2 aromatic heterocycles. The van der Waals surface area contributed by atoms with E-state index in [2.05, 4.69) is 58.5 Å². The Morgan fingerprint density at radius 3 is 2.50 bits per heavy atom. The van der Waals surface area contributed by atoms with Crippen LogP contribution >= 0.6 is 11.3 Å². The van der Waals surface area contributed by atoms with E-state index in [4.69, 9.17) is 0 Å². The third-order valence-electron chi connectivity index (χ3n) is 4.63. The molecule has 0 fully saturated rings. The molecule has 1 aromatic carbocycles. The van der Waals surface area contributed by atoms with Crippen LogP contribution in [-0.4, -0.2) is 21.9 Å². The van der Waals surface area contributed by atoms with Gasteiger partial charge in [0.15, 0.2) is 0 Å². The molecule has 0 unspecified atom stereocenters. The molecule has 3 aromatic rings. The summed E-state index contributed by atoms with van der Waals surface area (Å²) in [5, 5.41) is 2.12. The Morgan fingerprint density at radius 1 is 1.15 bits per heavy atom. The summed E-state index contributed by atoms with van der Waals surface area (Å²) in [6, 6.07) is 14.5. The van der Waals surface area contributed by atoms with Crippen LogP contribution in [-0.2, 0) is 6.54 Å². The molecular weight excluding hydrogens is 342 g/mol. The van der Waals surface area contributed by atoms with Crippen molar-refractivity contribution in [2.75, 3.05) is 7.05 Å². The summed E-state index contributed by atoms with van der Waals surface area (Å²) >= 11 is 1.79. The van der Waals surface area contributed by atoms with E-state index in [-0.39, 0.29) is 11.5 Å². The fraction of sp³-hybridized carbons (Fsp3) is 0.333. The molecule has 0 radical (unpaired) electrons. The van der Waals surface area contributed by atoms with Crippen molar-refractivity contribution in [1.29, 1.82) is 0 Å². The van der Waals surface area contributed by atoms with Crippen LogP contribution in [0.3, 0.4) is 0 Å². The fourth-order valence-electron chi connectivity index (χ4n) is 2.85. The number of thiophene rings is 1. The zero-order valence-electron chi connectivity index (χ0n) is 15.7. The zero-order chi connectivity index (χ0) is 18.7. The second-order valence-corrected chi connectivity index (χ2v) is 7.96. The molecule has 0 aliphatic carbocycles. The Morgan fingerprint density at radius 2 is 1.88 bits per heavy atom. The lowest BCUT2D eigenvalue weighted by molar-refractivity contribution is 0.256. The summed E-state index contributed by atoms with van der Waals surface area (Å²) in [5.41, 5.74) is 2.88. The van der Waals surface area contributed by atoms with Crippen LogP contribution in [0.15, 0.2) is 52.6 Å². The van der Waals surface area contributed by atoms with Crippen molar-refractivity contribution in [2.24, 2.45) is 0 Å². The number of hydrogen-bond donors (Lipinski definition) is 1. The van der Waals surface area contributed by atoms with Gasteiger partial charge in [-0.05, 0) is 36.9 Å². The monoisotopic (exact) mass is 367 g/mol. The first-order valence-corrected chi connectivity index (χ1v) is 9.76. The number of aromatic nitrogens is 2. The highest BCUT2D eigenvalue weighted by atomic mass is 32.1. The Kier molecular flexibility index (Phi) is 5.69. The first kappa shape index (κ1) is 18.5. The van der Waals surface area contributed by atoms with E-state index in [9.17, 15) is 4.79 Å². The number of nitrogens with zero attached hydrogens (tertiary/aromatic N) is 2. The highest BCUT2D eigenvalue weighted by Crippen LogP contribution is 2.25. The van der Waals surface area contributed by atoms with Crippen LogP contribution in [0.1, 0.15) is 48.9 Å². The van der Waals surface area contributed by atoms with Gasteiger partial charge in [-0.1, -0.05) is 44.2 Å². The highest BCUT2D eigenvalue weighted by Gasteiger charge is 2.13. The van der Waals surface area contributed by atoms with E-state index < -0.39 is 0 Å². The van der Waals surface area contributed by atoms with Gasteiger partial charge in [-0.25, -0.2) is 4.98 Å². The van der Waals surface area contributed by atoms with E-state index in [1.807, 2.05) is 26.0 Å². The number of rotatable bonds is 6. The predicted molar refractivity (Wildman–Crippen MR) is 109 cm³/mol. The molecule has 0 amide bonds. The molecule has 2 heterocycles. The van der Waals surface area contributed by atoms with E-state index in [1.165, 1.54) is 10.4 Å². The number of hydrogen-bond acceptors (Lipinski definition) is 4. The minimum absolute atomic E-state index is 0.104. The molecule has 5 heteroatoms. The average molecular weight is 368 g/mol. The lowest BCUT2D eigenvalue weighted by Crippen LogP contribution is -2.21. The van der Waals surface area contributed by atoms with Crippen LogP contribution in [0.5, 0.6) is 0 Å². The van der Waals surface area contributed by atoms with Crippen LogP contribution in [0.2, 0.25) is 0 Å². The number of aromatic amines is 1. The number of H-pyrrole nitrogens is 1. The fourth-order valence-corrected chi connectivity index (χ4v) is 3.70. The normalized spacial score (nSPS) is 12.7. The minimum Gasteiger partial charge on any atom is -0.307 e. The summed E-state index contributed by atoms with van der Waals surface area (Å²) in [5.74, 6) is 0.857.